The van der Waals surface area contributed by atoms with Crippen molar-refractivity contribution in [3.05, 3.63) is 67.0 Å². The number of aromatic nitrogens is 2. The van der Waals surface area contributed by atoms with Gasteiger partial charge in [0.05, 0.1) is 10.2 Å². The van der Waals surface area contributed by atoms with Gasteiger partial charge in [-0.1, -0.05) is 26.0 Å². The minimum Gasteiger partial charge on any atom is -0.468 e. The first-order valence-corrected chi connectivity index (χ1v) is 10.3. The van der Waals surface area contributed by atoms with Crippen LogP contribution in [-0.4, -0.2) is 27.9 Å². The van der Waals surface area contributed by atoms with Gasteiger partial charge in [-0.15, -0.1) is 11.3 Å². The Bertz CT molecular complexity index is 1090. The molecule has 2 aromatic heterocycles. The summed E-state index contributed by atoms with van der Waals surface area (Å²) in [5.74, 6) is 0.521. The number of nitrogens with zero attached hydrogens (tertiary/aromatic N) is 2. The lowest BCUT2D eigenvalue weighted by Gasteiger charge is -2.09. The summed E-state index contributed by atoms with van der Waals surface area (Å²) in [5.41, 5.74) is 3.09. The summed E-state index contributed by atoms with van der Waals surface area (Å²) in [5, 5.41) is 15.2. The monoisotopic (exact) mass is 426 g/mol. The second-order valence-electron chi connectivity index (χ2n) is 5.82. The molecule has 2 aromatic carbocycles. The zero-order valence-corrected chi connectivity index (χ0v) is 17.4. The van der Waals surface area contributed by atoms with Crippen molar-refractivity contribution < 1.29 is 17.5 Å². The van der Waals surface area contributed by atoms with E-state index in [1.807, 2.05) is 44.2 Å². The van der Waals surface area contributed by atoms with Gasteiger partial charge in [0.15, 0.2) is 6.79 Å². The van der Waals surface area contributed by atoms with E-state index in [0.717, 1.165) is 20.8 Å². The Morgan fingerprint density at radius 3 is 2.60 bits per heavy atom. The molecule has 0 fully saturated rings. The maximum atomic E-state index is 12.3. The fraction of sp³-hybridized carbons (Fsp3) is 0.136. The Morgan fingerprint density at radius 1 is 1.10 bits per heavy atom. The van der Waals surface area contributed by atoms with Crippen molar-refractivity contribution in [3.8, 4) is 16.3 Å². The molecule has 8 heteroatoms. The molecule has 4 rings (SSSR count). The van der Waals surface area contributed by atoms with E-state index in [0.29, 0.717) is 17.1 Å². The van der Waals surface area contributed by atoms with Crippen molar-refractivity contribution >= 4 is 39.0 Å². The van der Waals surface area contributed by atoms with Crippen LogP contribution in [0, 0.1) is 0 Å². The topological polar surface area (TPSA) is 96.4 Å². The standard InChI is InChI=1S/C20H16N4O3S.C2H6.2H2/c25-12-27-16-6-4-14(5-7-16)22-20(26)23-15-3-1-2-13(10-15)19-24-17-8-9-21-11-18(17)28-19;1-2;;/h1-11,25H,12H2,(H2,22,23,26);1-2H3;2*1H. The summed E-state index contributed by atoms with van der Waals surface area (Å²) < 4.78 is 5.97. The molecular formula is C22H26N4O3S. The first-order chi connectivity index (χ1) is 14.7. The molecule has 2 heterocycles. The van der Waals surface area contributed by atoms with Gasteiger partial charge in [0.25, 0.3) is 0 Å². The quantitative estimate of drug-likeness (QED) is 0.348. The van der Waals surface area contributed by atoms with Gasteiger partial charge in [-0.05, 0) is 42.5 Å². The van der Waals surface area contributed by atoms with Gasteiger partial charge >= 0.3 is 6.03 Å². The molecule has 0 aliphatic heterocycles. The number of ether oxygens (including phenoxy) is 1. The molecule has 0 atom stereocenters. The van der Waals surface area contributed by atoms with E-state index in [2.05, 4.69) is 20.6 Å². The van der Waals surface area contributed by atoms with Crippen LogP contribution in [0.5, 0.6) is 5.75 Å². The lowest BCUT2D eigenvalue weighted by Crippen LogP contribution is -2.19. The lowest BCUT2D eigenvalue weighted by molar-refractivity contribution is 0.0985. The fourth-order valence-corrected chi connectivity index (χ4v) is 3.56. The van der Waals surface area contributed by atoms with E-state index in [1.165, 1.54) is 0 Å². The summed E-state index contributed by atoms with van der Waals surface area (Å²) in [6.45, 7) is 3.61. The summed E-state index contributed by atoms with van der Waals surface area (Å²) >= 11 is 1.55. The number of rotatable bonds is 5. The molecule has 158 valence electrons. The fourth-order valence-electron chi connectivity index (χ4n) is 2.64. The van der Waals surface area contributed by atoms with Crippen molar-refractivity contribution in [2.24, 2.45) is 0 Å². The third kappa shape index (κ3) is 5.31. The van der Waals surface area contributed by atoms with Gasteiger partial charge < -0.3 is 20.5 Å². The highest BCUT2D eigenvalue weighted by Gasteiger charge is 2.08. The van der Waals surface area contributed by atoms with Crippen LogP contribution < -0.4 is 15.4 Å². The number of urea groups is 1. The van der Waals surface area contributed by atoms with E-state index < -0.39 is 6.79 Å². The van der Waals surface area contributed by atoms with Gasteiger partial charge in [-0.25, -0.2) is 9.78 Å². The van der Waals surface area contributed by atoms with Crippen molar-refractivity contribution in [2.75, 3.05) is 17.4 Å². The number of aliphatic hydroxyl groups excluding tert-OH is 1. The van der Waals surface area contributed by atoms with Crippen molar-refractivity contribution in [1.29, 1.82) is 0 Å². The van der Waals surface area contributed by atoms with E-state index in [4.69, 9.17) is 9.84 Å². The van der Waals surface area contributed by atoms with Crippen molar-refractivity contribution in [1.82, 2.24) is 9.97 Å². The molecule has 4 aromatic rings. The highest BCUT2D eigenvalue weighted by Crippen LogP contribution is 2.30. The molecule has 0 radical (unpaired) electrons. The van der Waals surface area contributed by atoms with Crippen LogP contribution in [0.15, 0.2) is 67.0 Å². The molecule has 7 nitrogen and oxygen atoms in total. The van der Waals surface area contributed by atoms with Crippen LogP contribution in [0.1, 0.15) is 16.7 Å². The third-order valence-electron chi connectivity index (χ3n) is 3.90. The van der Waals surface area contributed by atoms with E-state index in [-0.39, 0.29) is 8.88 Å². The molecule has 0 aliphatic rings. The number of fused-ring (bicyclic) bond motifs is 1. The molecule has 3 N–H and O–H groups in total. The summed E-state index contributed by atoms with van der Waals surface area (Å²) in [7, 11) is 0. The van der Waals surface area contributed by atoms with E-state index in [9.17, 15) is 4.79 Å². The molecule has 2 amide bonds. The van der Waals surface area contributed by atoms with Crippen molar-refractivity contribution in [3.63, 3.8) is 0 Å². The summed E-state index contributed by atoms with van der Waals surface area (Å²) in [4.78, 5) is 21.0. The number of carbonyl (C=O) groups is 1. The summed E-state index contributed by atoms with van der Waals surface area (Å²) in [6, 6.07) is 15.7. The summed E-state index contributed by atoms with van der Waals surface area (Å²) in [6.07, 6.45) is 3.51. The molecule has 0 aliphatic carbocycles. The Kier molecular flexibility index (Phi) is 7.31. The SMILES string of the molecule is CC.O=C(Nc1ccc(OCO)cc1)Nc1cccc(-c2nc3ccncc3s2)c1.[HH].[HH]. The maximum Gasteiger partial charge on any atom is 0.323 e. The number of benzene rings is 2. The van der Waals surface area contributed by atoms with Crippen LogP contribution in [0.3, 0.4) is 0 Å². The van der Waals surface area contributed by atoms with Gasteiger partial charge in [0.2, 0.25) is 0 Å². The average molecular weight is 427 g/mol. The Morgan fingerprint density at radius 2 is 1.87 bits per heavy atom. The van der Waals surface area contributed by atoms with Crippen molar-refractivity contribution in [2.45, 2.75) is 13.8 Å². The zero-order chi connectivity index (χ0) is 21.3. The van der Waals surface area contributed by atoms with Crippen LogP contribution in [0.25, 0.3) is 20.8 Å². The second-order valence-corrected chi connectivity index (χ2v) is 6.85. The number of aliphatic hydroxyl groups is 1. The highest BCUT2D eigenvalue weighted by molar-refractivity contribution is 7.21. The number of anilines is 2. The van der Waals surface area contributed by atoms with Gasteiger partial charge in [0, 0.05) is 32.2 Å². The molecule has 0 unspecified atom stereocenters. The number of hydrogen-bond acceptors (Lipinski definition) is 6. The highest BCUT2D eigenvalue weighted by atomic mass is 32.1. The molecule has 0 bridgehead atoms. The van der Waals surface area contributed by atoms with Gasteiger partial charge in [0.1, 0.15) is 10.8 Å². The van der Waals surface area contributed by atoms with Crippen LogP contribution in [-0.2, 0) is 0 Å². The Balaban J connectivity index is 0.00000125. The molecule has 0 saturated heterocycles. The van der Waals surface area contributed by atoms with E-state index in [1.54, 1.807) is 48.0 Å². The number of nitrogens with one attached hydrogen (secondary N) is 2. The minimum atomic E-state index is -0.394. The minimum absolute atomic E-state index is 0. The molecule has 0 saturated carbocycles. The number of carbonyl (C=O) groups excluding carboxylic acids is 1. The zero-order valence-electron chi connectivity index (χ0n) is 16.6. The van der Waals surface area contributed by atoms with E-state index >= 15 is 0 Å². The molecule has 30 heavy (non-hydrogen) atoms. The predicted octanol–water partition coefficient (Wildman–Crippen LogP) is 5.85. The normalized spacial score (nSPS) is 10.1. The first kappa shape index (κ1) is 21.2. The second kappa shape index (κ2) is 10.3. The number of pyridine rings is 1. The van der Waals surface area contributed by atoms with Gasteiger partial charge in [-0.3, -0.25) is 4.98 Å². The number of hydrogen-bond donors (Lipinski definition) is 3. The largest absolute Gasteiger partial charge is 0.468 e. The van der Waals surface area contributed by atoms with Crippen LogP contribution in [0.2, 0.25) is 0 Å². The lowest BCUT2D eigenvalue weighted by atomic mass is 10.2. The van der Waals surface area contributed by atoms with Gasteiger partial charge in [-0.2, -0.15) is 0 Å². The molecular weight excluding hydrogens is 400 g/mol. The smallest absolute Gasteiger partial charge is 0.323 e. The average Bonchev–Trinajstić information content (AvgIpc) is 3.21. The number of amides is 2. The number of thiazole rings is 1. The maximum absolute atomic E-state index is 12.3. The third-order valence-corrected chi connectivity index (χ3v) is 4.96. The Labute approximate surface area is 181 Å². The van der Waals surface area contributed by atoms with Crippen LogP contribution in [0.4, 0.5) is 16.2 Å². The molecule has 0 spiro atoms. The predicted molar refractivity (Wildman–Crippen MR) is 125 cm³/mol. The van der Waals surface area contributed by atoms with Crippen LogP contribution >= 0.6 is 11.3 Å². The Hall–Kier alpha value is -3.49. The first-order valence-electron chi connectivity index (χ1n) is 9.44.